The summed E-state index contributed by atoms with van der Waals surface area (Å²) in [5, 5.41) is 3.95. The summed E-state index contributed by atoms with van der Waals surface area (Å²) in [7, 11) is 0. The number of ether oxygens (including phenoxy) is 1. The van der Waals surface area contributed by atoms with Gasteiger partial charge >= 0.3 is 0 Å². The van der Waals surface area contributed by atoms with Crippen LogP contribution >= 0.6 is 12.4 Å². The molecule has 0 spiro atoms. The number of aromatic nitrogens is 2. The maximum Gasteiger partial charge on any atom is 0.264 e. The molecule has 1 heterocycles. The van der Waals surface area contributed by atoms with Gasteiger partial charge in [-0.05, 0) is 43.9 Å². The van der Waals surface area contributed by atoms with Crippen LogP contribution in [0, 0.1) is 6.92 Å². The summed E-state index contributed by atoms with van der Waals surface area (Å²) in [6, 6.07) is 7.84. The molecule has 1 saturated carbocycles. The Hall–Kier alpha value is -1.59. The van der Waals surface area contributed by atoms with Gasteiger partial charge in [-0.15, -0.1) is 12.4 Å². The summed E-state index contributed by atoms with van der Waals surface area (Å²) in [4.78, 5) is 4.31. The van der Waals surface area contributed by atoms with Crippen LogP contribution < -0.4 is 10.5 Å². The van der Waals surface area contributed by atoms with Crippen molar-refractivity contribution in [2.75, 3.05) is 0 Å². The first-order valence-electron chi connectivity index (χ1n) is 6.47. The van der Waals surface area contributed by atoms with Crippen molar-refractivity contribution in [3.63, 3.8) is 0 Å². The second kappa shape index (κ2) is 5.81. The van der Waals surface area contributed by atoms with Gasteiger partial charge in [-0.3, -0.25) is 0 Å². The van der Waals surface area contributed by atoms with E-state index in [0.29, 0.717) is 11.7 Å². The van der Waals surface area contributed by atoms with Gasteiger partial charge in [-0.2, -0.15) is 4.98 Å². The van der Waals surface area contributed by atoms with Gasteiger partial charge in [0, 0.05) is 0 Å². The van der Waals surface area contributed by atoms with Gasteiger partial charge in [0.1, 0.15) is 5.75 Å². The maximum atomic E-state index is 6.14. The fraction of sp³-hybridized carbons (Fsp3) is 0.429. The van der Waals surface area contributed by atoms with Crippen molar-refractivity contribution in [1.82, 2.24) is 10.1 Å². The normalized spacial score (nSPS) is 16.1. The minimum Gasteiger partial charge on any atom is -0.484 e. The average molecular weight is 296 g/mol. The molecule has 108 valence electrons. The van der Waals surface area contributed by atoms with Gasteiger partial charge in [0.2, 0.25) is 0 Å². The van der Waals surface area contributed by atoms with E-state index in [-0.39, 0.29) is 24.6 Å². The lowest BCUT2D eigenvalue weighted by Crippen LogP contribution is -2.44. The highest BCUT2D eigenvalue weighted by molar-refractivity contribution is 5.85. The summed E-state index contributed by atoms with van der Waals surface area (Å²) in [5.41, 5.74) is 6.91. The van der Waals surface area contributed by atoms with Crippen molar-refractivity contribution in [2.24, 2.45) is 5.73 Å². The molecule has 0 radical (unpaired) electrons. The van der Waals surface area contributed by atoms with Crippen molar-refractivity contribution >= 4 is 12.4 Å². The van der Waals surface area contributed by atoms with Crippen molar-refractivity contribution in [1.29, 1.82) is 0 Å². The zero-order chi connectivity index (χ0) is 13.3. The Kier molecular flexibility index (Phi) is 4.30. The van der Waals surface area contributed by atoms with Gasteiger partial charge in [0.15, 0.2) is 12.4 Å². The minimum absolute atomic E-state index is 0. The number of nitrogens with zero attached hydrogens (tertiary/aromatic N) is 2. The van der Waals surface area contributed by atoms with Crippen molar-refractivity contribution < 1.29 is 9.26 Å². The van der Waals surface area contributed by atoms with Gasteiger partial charge in [-0.1, -0.05) is 17.3 Å². The largest absolute Gasteiger partial charge is 0.484 e. The van der Waals surface area contributed by atoms with Crippen molar-refractivity contribution in [3.8, 4) is 5.75 Å². The molecule has 6 heteroatoms. The first-order chi connectivity index (χ1) is 9.16. The second-order valence-electron chi connectivity index (χ2n) is 5.13. The highest BCUT2D eigenvalue weighted by Crippen LogP contribution is 2.36. The zero-order valence-corrected chi connectivity index (χ0v) is 12.2. The lowest BCUT2D eigenvalue weighted by Gasteiger charge is -2.34. The first kappa shape index (κ1) is 14.8. The molecule has 0 saturated heterocycles. The van der Waals surface area contributed by atoms with E-state index in [2.05, 4.69) is 10.1 Å². The first-order valence-corrected chi connectivity index (χ1v) is 6.47. The van der Waals surface area contributed by atoms with Crippen LogP contribution in [0.4, 0.5) is 0 Å². The van der Waals surface area contributed by atoms with Gasteiger partial charge in [0.05, 0.1) is 5.54 Å². The van der Waals surface area contributed by atoms with Crippen LogP contribution in [0.15, 0.2) is 28.8 Å². The molecule has 3 rings (SSSR count). The van der Waals surface area contributed by atoms with Crippen LogP contribution in [0.2, 0.25) is 0 Å². The molecule has 1 fully saturated rings. The second-order valence-corrected chi connectivity index (χ2v) is 5.13. The Bertz CT molecular complexity index is 581. The third kappa shape index (κ3) is 2.94. The van der Waals surface area contributed by atoms with E-state index < -0.39 is 0 Å². The van der Waals surface area contributed by atoms with Crippen LogP contribution in [0.5, 0.6) is 5.75 Å². The van der Waals surface area contributed by atoms with E-state index >= 15 is 0 Å². The fourth-order valence-electron chi connectivity index (χ4n) is 2.15. The summed E-state index contributed by atoms with van der Waals surface area (Å²) >= 11 is 0. The number of halogens is 1. The highest BCUT2D eigenvalue weighted by atomic mass is 35.5. The molecule has 2 aromatic rings. The average Bonchev–Trinajstić information content (AvgIpc) is 2.83. The summed E-state index contributed by atoms with van der Waals surface area (Å²) in [6.07, 6.45) is 2.97. The molecule has 0 unspecified atom stereocenters. The molecular formula is C14H18ClN3O2. The number of benzene rings is 1. The summed E-state index contributed by atoms with van der Waals surface area (Å²) in [5.74, 6) is 1.86. The number of hydrogen-bond acceptors (Lipinski definition) is 5. The zero-order valence-electron chi connectivity index (χ0n) is 11.3. The predicted octanol–water partition coefficient (Wildman–Crippen LogP) is 2.72. The van der Waals surface area contributed by atoms with Crippen LogP contribution in [0.25, 0.3) is 0 Å². The standard InChI is InChI=1S/C14H17N3O2.ClH/c1-10-4-2-5-11(8-10)18-9-12-16-13(17-19-12)14(15)6-3-7-14;/h2,4-5,8H,3,6-7,9,15H2,1H3;1H. The van der Waals surface area contributed by atoms with E-state index in [4.69, 9.17) is 15.0 Å². The summed E-state index contributed by atoms with van der Waals surface area (Å²) in [6.45, 7) is 2.29. The smallest absolute Gasteiger partial charge is 0.264 e. The molecule has 20 heavy (non-hydrogen) atoms. The Morgan fingerprint density at radius 1 is 1.40 bits per heavy atom. The molecule has 0 amide bonds. The number of hydrogen-bond donors (Lipinski definition) is 1. The fourth-order valence-corrected chi connectivity index (χ4v) is 2.15. The molecule has 0 bridgehead atoms. The molecule has 1 aliphatic carbocycles. The van der Waals surface area contributed by atoms with E-state index in [1.807, 2.05) is 31.2 Å². The molecule has 2 N–H and O–H groups in total. The van der Waals surface area contributed by atoms with Crippen LogP contribution in [0.3, 0.4) is 0 Å². The number of rotatable bonds is 4. The highest BCUT2D eigenvalue weighted by Gasteiger charge is 2.38. The van der Waals surface area contributed by atoms with E-state index in [1.54, 1.807) is 0 Å². The third-order valence-corrected chi connectivity index (χ3v) is 3.51. The van der Waals surface area contributed by atoms with E-state index in [0.717, 1.165) is 30.6 Å². The lowest BCUT2D eigenvalue weighted by molar-refractivity contribution is 0.223. The Morgan fingerprint density at radius 3 is 2.85 bits per heavy atom. The quantitative estimate of drug-likeness (QED) is 0.938. The minimum atomic E-state index is -0.384. The number of nitrogens with two attached hydrogens (primary N) is 1. The third-order valence-electron chi connectivity index (χ3n) is 3.51. The molecule has 1 aliphatic rings. The molecule has 1 aromatic carbocycles. The molecular weight excluding hydrogens is 278 g/mol. The Morgan fingerprint density at radius 2 is 2.20 bits per heavy atom. The molecule has 0 aliphatic heterocycles. The summed E-state index contributed by atoms with van der Waals surface area (Å²) < 4.78 is 10.8. The lowest BCUT2D eigenvalue weighted by atomic mass is 9.77. The van der Waals surface area contributed by atoms with Gasteiger partial charge in [0.25, 0.3) is 5.89 Å². The maximum absolute atomic E-state index is 6.14. The van der Waals surface area contributed by atoms with E-state index in [9.17, 15) is 0 Å². The topological polar surface area (TPSA) is 74.2 Å². The van der Waals surface area contributed by atoms with Crippen molar-refractivity contribution in [3.05, 3.63) is 41.5 Å². The Labute approximate surface area is 123 Å². The van der Waals surface area contributed by atoms with Gasteiger partial charge in [-0.25, -0.2) is 0 Å². The van der Waals surface area contributed by atoms with E-state index in [1.165, 1.54) is 0 Å². The SMILES string of the molecule is Cc1cccc(OCc2nc(C3(N)CCC3)no2)c1.Cl. The van der Waals surface area contributed by atoms with Crippen LogP contribution in [-0.2, 0) is 12.1 Å². The number of aryl methyl sites for hydroxylation is 1. The Balaban J connectivity index is 0.00000147. The molecule has 1 aromatic heterocycles. The van der Waals surface area contributed by atoms with Gasteiger partial charge < -0.3 is 15.0 Å². The van der Waals surface area contributed by atoms with Crippen molar-refractivity contribution in [2.45, 2.75) is 38.3 Å². The van der Waals surface area contributed by atoms with Crippen LogP contribution in [-0.4, -0.2) is 10.1 Å². The van der Waals surface area contributed by atoms with Crippen LogP contribution in [0.1, 0.15) is 36.5 Å². The monoisotopic (exact) mass is 295 g/mol. The molecule has 5 nitrogen and oxygen atoms in total. The molecule has 0 atom stereocenters. The predicted molar refractivity (Wildman–Crippen MR) is 76.8 cm³/mol.